The van der Waals surface area contributed by atoms with E-state index in [2.05, 4.69) is 10.2 Å². The monoisotopic (exact) mass is 169 g/mol. The first-order valence-corrected chi connectivity index (χ1v) is 3.75. The molecular weight excluding hydrogens is 158 g/mol. The standard InChI is InChI=1S/C7H11N3O2/c1-3-10-5(2)8-9-6(10)4-7(11)12/h3-4H2,1-2H3,(H,11,12). The molecule has 0 fully saturated rings. The van der Waals surface area contributed by atoms with Gasteiger partial charge in [0.05, 0.1) is 0 Å². The lowest BCUT2D eigenvalue weighted by Crippen LogP contribution is -2.09. The molecule has 1 aromatic heterocycles. The molecule has 1 heterocycles. The minimum absolute atomic E-state index is 0.0608. The molecule has 5 nitrogen and oxygen atoms in total. The van der Waals surface area contributed by atoms with E-state index in [0.717, 1.165) is 5.82 Å². The van der Waals surface area contributed by atoms with Crippen LogP contribution in [0.3, 0.4) is 0 Å². The van der Waals surface area contributed by atoms with Gasteiger partial charge in [-0.05, 0) is 13.8 Å². The molecule has 0 aliphatic carbocycles. The Labute approximate surface area is 70.0 Å². The van der Waals surface area contributed by atoms with Crippen LogP contribution in [0.25, 0.3) is 0 Å². The number of aliphatic carboxylic acids is 1. The summed E-state index contributed by atoms with van der Waals surface area (Å²) in [4.78, 5) is 10.4. The number of carboxylic acid groups (broad SMARTS) is 1. The number of carbonyl (C=O) groups is 1. The fraction of sp³-hybridized carbons (Fsp3) is 0.571. The molecule has 0 aromatic carbocycles. The zero-order valence-corrected chi connectivity index (χ0v) is 7.11. The highest BCUT2D eigenvalue weighted by Gasteiger charge is 2.09. The molecule has 5 heteroatoms. The Bertz CT molecular complexity index is 293. The van der Waals surface area contributed by atoms with Gasteiger partial charge in [0, 0.05) is 6.54 Å². The summed E-state index contributed by atoms with van der Waals surface area (Å²) >= 11 is 0. The highest BCUT2D eigenvalue weighted by atomic mass is 16.4. The minimum Gasteiger partial charge on any atom is -0.481 e. The lowest BCUT2D eigenvalue weighted by atomic mass is 10.4. The molecule has 0 unspecified atom stereocenters. The second kappa shape index (κ2) is 3.34. The highest BCUT2D eigenvalue weighted by molar-refractivity contribution is 5.69. The Kier molecular flexibility index (Phi) is 2.42. The summed E-state index contributed by atoms with van der Waals surface area (Å²) in [6.45, 7) is 4.45. The van der Waals surface area contributed by atoms with Crippen LogP contribution < -0.4 is 0 Å². The van der Waals surface area contributed by atoms with Crippen LogP contribution >= 0.6 is 0 Å². The summed E-state index contributed by atoms with van der Waals surface area (Å²) in [5.74, 6) is 0.397. The van der Waals surface area contributed by atoms with Gasteiger partial charge in [-0.25, -0.2) is 0 Å². The largest absolute Gasteiger partial charge is 0.481 e. The molecule has 1 aromatic rings. The molecular formula is C7H11N3O2. The molecule has 0 aliphatic heterocycles. The van der Waals surface area contributed by atoms with Crippen LogP contribution in [0.5, 0.6) is 0 Å². The number of carboxylic acids is 1. The van der Waals surface area contributed by atoms with Gasteiger partial charge < -0.3 is 9.67 Å². The van der Waals surface area contributed by atoms with E-state index in [1.807, 2.05) is 13.8 Å². The van der Waals surface area contributed by atoms with Gasteiger partial charge in [0.25, 0.3) is 0 Å². The van der Waals surface area contributed by atoms with Crippen LogP contribution in [0.2, 0.25) is 0 Å². The van der Waals surface area contributed by atoms with Crippen molar-refractivity contribution in [3.8, 4) is 0 Å². The zero-order chi connectivity index (χ0) is 9.14. The van der Waals surface area contributed by atoms with Crippen molar-refractivity contribution in [1.29, 1.82) is 0 Å². The minimum atomic E-state index is -0.878. The van der Waals surface area contributed by atoms with E-state index in [4.69, 9.17) is 5.11 Å². The van der Waals surface area contributed by atoms with Gasteiger partial charge in [-0.1, -0.05) is 0 Å². The van der Waals surface area contributed by atoms with E-state index in [-0.39, 0.29) is 6.42 Å². The van der Waals surface area contributed by atoms with E-state index in [1.54, 1.807) is 4.57 Å². The molecule has 66 valence electrons. The normalized spacial score (nSPS) is 10.2. The lowest BCUT2D eigenvalue weighted by molar-refractivity contribution is -0.136. The maximum absolute atomic E-state index is 10.4. The summed E-state index contributed by atoms with van der Waals surface area (Å²) in [6, 6.07) is 0. The summed E-state index contributed by atoms with van der Waals surface area (Å²) in [5.41, 5.74) is 0. The van der Waals surface area contributed by atoms with Crippen molar-refractivity contribution >= 4 is 5.97 Å². The van der Waals surface area contributed by atoms with Crippen molar-refractivity contribution in [2.45, 2.75) is 26.8 Å². The van der Waals surface area contributed by atoms with Crippen molar-refractivity contribution in [3.63, 3.8) is 0 Å². The second-order valence-corrected chi connectivity index (χ2v) is 2.48. The van der Waals surface area contributed by atoms with Crippen molar-refractivity contribution in [2.75, 3.05) is 0 Å². The molecule has 0 amide bonds. The van der Waals surface area contributed by atoms with Gasteiger partial charge in [0.2, 0.25) is 0 Å². The Balaban J connectivity index is 2.91. The smallest absolute Gasteiger partial charge is 0.311 e. The SMILES string of the molecule is CCn1c(C)nnc1CC(=O)O. The molecule has 1 N–H and O–H groups in total. The molecule has 0 atom stereocenters. The van der Waals surface area contributed by atoms with E-state index in [0.29, 0.717) is 12.4 Å². The van der Waals surface area contributed by atoms with Gasteiger partial charge >= 0.3 is 5.97 Å². The van der Waals surface area contributed by atoms with Crippen molar-refractivity contribution in [2.24, 2.45) is 0 Å². The third-order valence-electron chi connectivity index (χ3n) is 1.64. The predicted octanol–water partition coefficient (Wildman–Crippen LogP) is 0.234. The number of hydrogen-bond donors (Lipinski definition) is 1. The summed E-state index contributed by atoms with van der Waals surface area (Å²) in [5, 5.41) is 16.1. The summed E-state index contributed by atoms with van der Waals surface area (Å²) in [6.07, 6.45) is -0.0608. The Morgan fingerprint density at radius 1 is 1.58 bits per heavy atom. The number of hydrogen-bond acceptors (Lipinski definition) is 3. The van der Waals surface area contributed by atoms with Crippen LogP contribution in [-0.2, 0) is 17.8 Å². The number of aromatic nitrogens is 3. The number of rotatable bonds is 3. The average Bonchev–Trinajstić information content (AvgIpc) is 2.30. The maximum Gasteiger partial charge on any atom is 0.311 e. The average molecular weight is 169 g/mol. The molecule has 0 bridgehead atoms. The number of aryl methyl sites for hydroxylation is 1. The topological polar surface area (TPSA) is 68.0 Å². The lowest BCUT2D eigenvalue weighted by Gasteiger charge is -2.01. The van der Waals surface area contributed by atoms with Crippen molar-refractivity contribution < 1.29 is 9.90 Å². The first kappa shape index (κ1) is 8.70. The summed E-state index contributed by atoms with van der Waals surface area (Å²) < 4.78 is 1.79. The molecule has 0 spiro atoms. The molecule has 12 heavy (non-hydrogen) atoms. The Hall–Kier alpha value is -1.39. The van der Waals surface area contributed by atoms with Gasteiger partial charge in [-0.2, -0.15) is 0 Å². The highest BCUT2D eigenvalue weighted by Crippen LogP contribution is 2.01. The van der Waals surface area contributed by atoms with Gasteiger partial charge in [0.1, 0.15) is 18.1 Å². The maximum atomic E-state index is 10.4. The van der Waals surface area contributed by atoms with E-state index < -0.39 is 5.97 Å². The molecule has 0 aliphatic rings. The van der Waals surface area contributed by atoms with Gasteiger partial charge in [0.15, 0.2) is 0 Å². The summed E-state index contributed by atoms with van der Waals surface area (Å²) in [7, 11) is 0. The van der Waals surface area contributed by atoms with Crippen LogP contribution in [0, 0.1) is 6.92 Å². The predicted molar refractivity (Wildman–Crippen MR) is 41.8 cm³/mol. The first-order chi connectivity index (χ1) is 5.65. The van der Waals surface area contributed by atoms with Crippen LogP contribution in [0.1, 0.15) is 18.6 Å². The quantitative estimate of drug-likeness (QED) is 0.703. The van der Waals surface area contributed by atoms with Gasteiger partial charge in [-0.15, -0.1) is 10.2 Å². The fourth-order valence-corrected chi connectivity index (χ4v) is 1.10. The third-order valence-corrected chi connectivity index (χ3v) is 1.64. The van der Waals surface area contributed by atoms with Gasteiger partial charge in [-0.3, -0.25) is 4.79 Å². The Morgan fingerprint density at radius 2 is 2.25 bits per heavy atom. The molecule has 1 rings (SSSR count). The van der Waals surface area contributed by atoms with Crippen LogP contribution in [0.4, 0.5) is 0 Å². The fourth-order valence-electron chi connectivity index (χ4n) is 1.10. The van der Waals surface area contributed by atoms with E-state index in [1.165, 1.54) is 0 Å². The van der Waals surface area contributed by atoms with E-state index in [9.17, 15) is 4.79 Å². The second-order valence-electron chi connectivity index (χ2n) is 2.48. The van der Waals surface area contributed by atoms with Crippen LogP contribution in [0.15, 0.2) is 0 Å². The number of nitrogens with zero attached hydrogens (tertiary/aromatic N) is 3. The zero-order valence-electron chi connectivity index (χ0n) is 7.11. The molecule has 0 saturated carbocycles. The molecule has 0 radical (unpaired) electrons. The van der Waals surface area contributed by atoms with Crippen LogP contribution in [-0.4, -0.2) is 25.8 Å². The van der Waals surface area contributed by atoms with Crippen molar-refractivity contribution in [1.82, 2.24) is 14.8 Å². The van der Waals surface area contributed by atoms with E-state index >= 15 is 0 Å². The Morgan fingerprint density at radius 3 is 2.75 bits per heavy atom. The first-order valence-electron chi connectivity index (χ1n) is 3.75. The van der Waals surface area contributed by atoms with Crippen molar-refractivity contribution in [3.05, 3.63) is 11.6 Å². The molecule has 0 saturated heterocycles. The third kappa shape index (κ3) is 1.61.